The van der Waals surface area contributed by atoms with E-state index in [4.69, 9.17) is 21.3 Å². The van der Waals surface area contributed by atoms with Crippen molar-refractivity contribution in [1.82, 2.24) is 39.9 Å². The molecule has 2 aromatic heterocycles. The number of halogens is 1. The molecule has 2 aromatic carbocycles. The molecule has 1 atom stereocenters. The summed E-state index contributed by atoms with van der Waals surface area (Å²) < 4.78 is 7.28. The molecule has 3 N–H and O–H groups in total. The van der Waals surface area contributed by atoms with Gasteiger partial charge in [-0.1, -0.05) is 11.6 Å². The van der Waals surface area contributed by atoms with Crippen LogP contribution in [0.1, 0.15) is 61.5 Å². The van der Waals surface area contributed by atoms with Gasteiger partial charge in [-0.2, -0.15) is 4.98 Å². The number of amides is 4. The molecule has 332 valence electrons. The van der Waals surface area contributed by atoms with E-state index < -0.39 is 6.04 Å². The molecule has 0 saturated carbocycles. The lowest BCUT2D eigenvalue weighted by Gasteiger charge is -2.49. The third-order valence-electron chi connectivity index (χ3n) is 13.2. The lowest BCUT2D eigenvalue weighted by molar-refractivity contribution is -0.137. The minimum atomic E-state index is -0.604. The Labute approximate surface area is 370 Å². The zero-order valence-corrected chi connectivity index (χ0v) is 36.7. The van der Waals surface area contributed by atoms with Crippen LogP contribution in [-0.4, -0.2) is 138 Å². The number of fused-ring (bicyclic) bond motifs is 2. The number of ether oxygens (including phenoxy) is 1. The molecule has 9 rings (SSSR count). The summed E-state index contributed by atoms with van der Waals surface area (Å²) >= 11 is 6.61. The van der Waals surface area contributed by atoms with E-state index in [1.54, 1.807) is 21.7 Å². The predicted molar refractivity (Wildman–Crippen MR) is 240 cm³/mol. The van der Waals surface area contributed by atoms with Crippen LogP contribution in [0.3, 0.4) is 0 Å². The van der Waals surface area contributed by atoms with Crippen LogP contribution in [0.2, 0.25) is 5.02 Å². The second-order valence-corrected chi connectivity index (χ2v) is 18.0. The number of aromatic nitrogens is 3. The van der Waals surface area contributed by atoms with Crippen molar-refractivity contribution in [3.8, 4) is 5.75 Å². The first-order valence-corrected chi connectivity index (χ1v) is 22.4. The van der Waals surface area contributed by atoms with Crippen LogP contribution in [-0.2, 0) is 20.9 Å². The maximum atomic E-state index is 13.2. The van der Waals surface area contributed by atoms with Crippen LogP contribution in [0.5, 0.6) is 5.75 Å². The van der Waals surface area contributed by atoms with Gasteiger partial charge < -0.3 is 34.6 Å². The molecule has 0 bridgehead atoms. The van der Waals surface area contributed by atoms with Crippen LogP contribution < -0.4 is 36.0 Å². The summed E-state index contributed by atoms with van der Waals surface area (Å²) in [7, 11) is 1.52. The first-order valence-electron chi connectivity index (χ1n) is 22.0. The quantitative estimate of drug-likeness (QED) is 0.177. The molecule has 5 aliphatic rings. The first kappa shape index (κ1) is 42.5. The number of anilines is 4. The molecule has 4 aromatic rings. The molecule has 0 aliphatic carbocycles. The Bertz CT molecular complexity index is 2490. The van der Waals surface area contributed by atoms with Gasteiger partial charge in [-0.25, -0.2) is 4.98 Å². The molecule has 0 radical (unpaired) electrons. The van der Waals surface area contributed by atoms with E-state index >= 15 is 0 Å². The Morgan fingerprint density at radius 1 is 0.952 bits per heavy atom. The topological polar surface area (TPSA) is 178 Å². The largest absolute Gasteiger partial charge is 0.478 e. The van der Waals surface area contributed by atoms with E-state index in [0.29, 0.717) is 47.3 Å². The van der Waals surface area contributed by atoms with Crippen molar-refractivity contribution in [1.29, 1.82) is 0 Å². The molecule has 0 spiro atoms. The lowest BCUT2D eigenvalue weighted by atomic mass is 9.94. The van der Waals surface area contributed by atoms with Crippen LogP contribution in [0.15, 0.2) is 53.5 Å². The van der Waals surface area contributed by atoms with Crippen LogP contribution in [0, 0.1) is 5.92 Å². The number of likely N-dealkylation sites (tertiary alicyclic amines) is 1. The minimum Gasteiger partial charge on any atom is -0.478 e. The van der Waals surface area contributed by atoms with Gasteiger partial charge in [0.2, 0.25) is 17.8 Å². The monoisotopic (exact) mass is 879 g/mol. The van der Waals surface area contributed by atoms with Crippen molar-refractivity contribution < 1.29 is 23.9 Å². The molecule has 17 nitrogen and oxygen atoms in total. The number of nitrogens with one attached hydrogen (secondary N) is 3. The summed E-state index contributed by atoms with van der Waals surface area (Å²) in [6.45, 7) is 12.8. The normalized spacial score (nSPS) is 20.3. The average molecular weight is 880 g/mol. The Morgan fingerprint density at radius 3 is 2.46 bits per heavy atom. The van der Waals surface area contributed by atoms with Crippen molar-refractivity contribution in [2.24, 2.45) is 5.92 Å². The van der Waals surface area contributed by atoms with E-state index in [2.05, 4.69) is 46.6 Å². The Kier molecular flexibility index (Phi) is 12.0. The van der Waals surface area contributed by atoms with Gasteiger partial charge in [-0.05, 0) is 87.1 Å². The number of nitrogens with zero attached hydrogens (tertiary/aromatic N) is 8. The highest BCUT2D eigenvalue weighted by Gasteiger charge is 2.40. The molecular formula is C45H54ClN11O6. The van der Waals surface area contributed by atoms with E-state index in [1.165, 1.54) is 7.05 Å². The van der Waals surface area contributed by atoms with Gasteiger partial charge in [0.15, 0.2) is 18.2 Å². The highest BCUT2D eigenvalue weighted by Crippen LogP contribution is 2.33. The van der Waals surface area contributed by atoms with Crippen molar-refractivity contribution in [3.63, 3.8) is 0 Å². The molecule has 4 fully saturated rings. The summed E-state index contributed by atoms with van der Waals surface area (Å²) in [6, 6.07) is 13.2. The zero-order chi connectivity index (χ0) is 43.9. The number of piperidine rings is 2. The van der Waals surface area contributed by atoms with Crippen molar-refractivity contribution in [2.75, 3.05) is 87.7 Å². The fourth-order valence-corrected chi connectivity index (χ4v) is 9.81. The molecule has 7 heterocycles. The Hall–Kier alpha value is -5.78. The van der Waals surface area contributed by atoms with Crippen molar-refractivity contribution >= 4 is 69.3 Å². The third kappa shape index (κ3) is 8.78. The highest BCUT2D eigenvalue weighted by atomic mass is 35.5. The smallest absolute Gasteiger partial charge is 0.293 e. The first-order chi connectivity index (χ1) is 30.4. The molecule has 4 saturated heterocycles. The zero-order valence-electron chi connectivity index (χ0n) is 35.9. The van der Waals surface area contributed by atoms with E-state index in [0.717, 1.165) is 99.6 Å². The summed E-state index contributed by atoms with van der Waals surface area (Å²) in [5.41, 5.74) is 3.87. The summed E-state index contributed by atoms with van der Waals surface area (Å²) in [5.74, 6) is 0.695. The van der Waals surface area contributed by atoms with Gasteiger partial charge in [-0.15, -0.1) is 0 Å². The SMILES string of the molecule is CNC(=O)COc1cc2cc(Nc3nc(N4CCC(CN5CC(N6CCN(c7ccc8c(c7)CN(C7CCC(=O)NC7=O)C8=O)CC6)C5)CC4)ncc3Cl)ccc2n(C(C)C)c1=O. The number of pyridine rings is 1. The second-order valence-electron chi connectivity index (χ2n) is 17.6. The Balaban J connectivity index is 0.739. The third-order valence-corrected chi connectivity index (χ3v) is 13.5. The summed E-state index contributed by atoms with van der Waals surface area (Å²) in [4.78, 5) is 83.2. The van der Waals surface area contributed by atoms with E-state index in [-0.39, 0.29) is 54.0 Å². The summed E-state index contributed by atoms with van der Waals surface area (Å²) in [5, 5.41) is 9.40. The highest BCUT2D eigenvalue weighted by molar-refractivity contribution is 6.33. The average Bonchev–Trinajstić information content (AvgIpc) is 3.59. The van der Waals surface area contributed by atoms with Gasteiger partial charge >= 0.3 is 0 Å². The van der Waals surface area contributed by atoms with E-state index in [1.807, 2.05) is 44.2 Å². The Morgan fingerprint density at radius 2 is 1.73 bits per heavy atom. The van der Waals surface area contributed by atoms with Gasteiger partial charge in [0, 0.05) is 113 Å². The number of hydrogen-bond acceptors (Lipinski definition) is 13. The van der Waals surface area contributed by atoms with Crippen LogP contribution >= 0.6 is 11.6 Å². The maximum absolute atomic E-state index is 13.2. The molecule has 18 heteroatoms. The number of hydrogen-bond donors (Lipinski definition) is 3. The number of carbonyl (C=O) groups is 4. The number of imide groups is 1. The number of likely N-dealkylation sites (N-methyl/N-ethyl adjacent to an activating group) is 1. The van der Waals surface area contributed by atoms with Crippen molar-refractivity contribution in [2.45, 2.75) is 64.2 Å². The number of piperazine rings is 1. The minimum absolute atomic E-state index is 0.101. The number of carbonyl (C=O) groups excluding carboxylic acids is 4. The standard InChI is InChI=1S/C45H54ClN11O6/c1-27(2)57-36-7-4-31(18-29(36)20-38(44(57)62)63-26-40(59)47-3)49-41-35(46)21-48-45(51-41)55-12-10-28(11-13-55)22-52-24-33(25-52)54-16-14-53(15-17-54)32-5-6-34-30(19-32)23-56(43(34)61)37-8-9-39(58)50-42(37)60/h4-7,18-21,27-28,33,37H,8-17,22-26H2,1-3H3,(H,47,59)(H,48,49,51)(H,50,58,60). The van der Waals surface area contributed by atoms with Crippen molar-refractivity contribution in [3.05, 3.63) is 75.2 Å². The van der Waals surface area contributed by atoms with Gasteiger partial charge in [0.05, 0.1) is 11.7 Å². The second kappa shape index (κ2) is 17.8. The van der Waals surface area contributed by atoms with Gasteiger partial charge in [0.25, 0.3) is 17.4 Å². The fourth-order valence-electron chi connectivity index (χ4n) is 9.67. The molecular weight excluding hydrogens is 826 g/mol. The van der Waals surface area contributed by atoms with E-state index in [9.17, 15) is 24.0 Å². The molecule has 1 unspecified atom stereocenters. The molecule has 5 aliphatic heterocycles. The fraction of sp³-hybridized carbons (Fsp3) is 0.489. The number of benzene rings is 2. The molecule has 4 amide bonds. The van der Waals surface area contributed by atoms with Gasteiger partial charge in [-0.3, -0.25) is 39.1 Å². The van der Waals surface area contributed by atoms with Crippen LogP contribution in [0.4, 0.5) is 23.1 Å². The number of rotatable bonds is 12. The van der Waals surface area contributed by atoms with Gasteiger partial charge in [0.1, 0.15) is 11.1 Å². The summed E-state index contributed by atoms with van der Waals surface area (Å²) in [6.07, 6.45) is 4.35. The van der Waals surface area contributed by atoms with Crippen LogP contribution in [0.25, 0.3) is 10.9 Å². The predicted octanol–water partition coefficient (Wildman–Crippen LogP) is 3.38. The lowest BCUT2D eigenvalue weighted by Crippen LogP contribution is -2.63. The maximum Gasteiger partial charge on any atom is 0.293 e. The molecule has 63 heavy (non-hydrogen) atoms.